The molecule has 4 aromatic rings. The predicted molar refractivity (Wildman–Crippen MR) is 119 cm³/mol. The Morgan fingerprint density at radius 2 is 1.87 bits per heavy atom. The van der Waals surface area contributed by atoms with Gasteiger partial charge < -0.3 is 4.74 Å². The zero-order chi connectivity index (χ0) is 21.1. The molecular weight excluding hydrogens is 398 g/mol. The molecule has 0 saturated heterocycles. The molecule has 0 aliphatic carbocycles. The van der Waals surface area contributed by atoms with Crippen molar-refractivity contribution in [3.63, 3.8) is 0 Å². The monoisotopic (exact) mass is 419 g/mol. The molecule has 0 bridgehead atoms. The number of H-pyrrole nitrogens is 1. The fraction of sp³-hybridized carbons (Fsp3) is 0.182. The Bertz CT molecular complexity index is 1250. The van der Waals surface area contributed by atoms with Gasteiger partial charge in [0.15, 0.2) is 5.69 Å². The average Bonchev–Trinajstić information content (AvgIpc) is 3.33. The van der Waals surface area contributed by atoms with Crippen LogP contribution in [0.5, 0.6) is 5.75 Å². The summed E-state index contributed by atoms with van der Waals surface area (Å²) in [5.41, 5.74) is 4.15. The van der Waals surface area contributed by atoms with Gasteiger partial charge in [-0.2, -0.15) is 4.68 Å². The first-order chi connectivity index (χ1) is 14.6. The van der Waals surface area contributed by atoms with Crippen LogP contribution in [0, 0.1) is 13.8 Å². The second kappa shape index (κ2) is 8.46. The number of azo groups is 1. The lowest BCUT2D eigenvalue weighted by molar-refractivity contribution is 0.341. The van der Waals surface area contributed by atoms with Crippen LogP contribution in [0.2, 0.25) is 0 Å². The fourth-order valence-corrected chi connectivity index (χ4v) is 3.73. The van der Waals surface area contributed by atoms with Crippen molar-refractivity contribution >= 4 is 22.7 Å². The minimum Gasteiger partial charge on any atom is -0.492 e. The van der Waals surface area contributed by atoms with Crippen LogP contribution < -0.4 is 10.3 Å². The highest BCUT2D eigenvalue weighted by Gasteiger charge is 2.15. The molecular formula is C22H21N5O2S. The number of para-hydroxylation sites is 1. The molecule has 8 heteroatoms. The molecule has 0 radical (unpaired) electrons. The molecule has 0 aliphatic heterocycles. The molecule has 30 heavy (non-hydrogen) atoms. The van der Waals surface area contributed by atoms with Crippen LogP contribution in [-0.2, 0) is 0 Å². The summed E-state index contributed by atoms with van der Waals surface area (Å²) < 4.78 is 6.96. The number of ether oxygens (including phenoxy) is 1. The van der Waals surface area contributed by atoms with Gasteiger partial charge in [-0.05, 0) is 32.9 Å². The van der Waals surface area contributed by atoms with E-state index in [0.29, 0.717) is 28.9 Å². The van der Waals surface area contributed by atoms with Crippen LogP contribution in [-0.4, -0.2) is 21.4 Å². The molecule has 2 aromatic carbocycles. The average molecular weight is 420 g/mol. The molecule has 0 saturated carbocycles. The lowest BCUT2D eigenvalue weighted by atomic mass is 10.1. The molecule has 0 amide bonds. The fourth-order valence-electron chi connectivity index (χ4n) is 2.94. The molecule has 2 heterocycles. The van der Waals surface area contributed by atoms with E-state index < -0.39 is 0 Å². The van der Waals surface area contributed by atoms with Crippen molar-refractivity contribution in [2.45, 2.75) is 20.8 Å². The van der Waals surface area contributed by atoms with Crippen molar-refractivity contribution in [2.75, 3.05) is 6.61 Å². The minimum atomic E-state index is -0.296. The molecule has 152 valence electrons. The van der Waals surface area contributed by atoms with E-state index in [4.69, 9.17) is 4.74 Å². The van der Waals surface area contributed by atoms with Crippen molar-refractivity contribution < 1.29 is 4.74 Å². The van der Waals surface area contributed by atoms with E-state index in [-0.39, 0.29) is 11.2 Å². The number of hydrogen-bond acceptors (Lipinski definition) is 6. The van der Waals surface area contributed by atoms with Gasteiger partial charge in [0.05, 0.1) is 18.0 Å². The summed E-state index contributed by atoms with van der Waals surface area (Å²) in [6.07, 6.45) is 0. The number of hydrogen-bond donors (Lipinski definition) is 1. The lowest BCUT2D eigenvalue weighted by Crippen LogP contribution is -2.13. The zero-order valence-electron chi connectivity index (χ0n) is 16.9. The summed E-state index contributed by atoms with van der Waals surface area (Å²) in [5.74, 6) is 0.625. The Morgan fingerprint density at radius 3 is 2.63 bits per heavy atom. The highest BCUT2D eigenvalue weighted by atomic mass is 32.1. The number of nitrogens with one attached hydrogen (secondary N) is 1. The van der Waals surface area contributed by atoms with Gasteiger partial charge in [0.1, 0.15) is 11.4 Å². The molecule has 0 atom stereocenters. The SMILES string of the molecule is CCOc1ccccc1N=Nc1c(C)[nH]n(-c2nc(-c3ccc(C)cc3)cs2)c1=O. The van der Waals surface area contributed by atoms with Crippen LogP contribution in [0.25, 0.3) is 16.4 Å². The summed E-state index contributed by atoms with van der Waals surface area (Å²) in [6, 6.07) is 15.5. The third kappa shape index (κ3) is 3.95. The highest BCUT2D eigenvalue weighted by molar-refractivity contribution is 7.12. The summed E-state index contributed by atoms with van der Waals surface area (Å²) >= 11 is 1.39. The first-order valence-electron chi connectivity index (χ1n) is 9.55. The van der Waals surface area contributed by atoms with Gasteiger partial charge >= 0.3 is 5.56 Å². The Hall–Kier alpha value is -3.52. The van der Waals surface area contributed by atoms with E-state index in [9.17, 15) is 4.79 Å². The van der Waals surface area contributed by atoms with E-state index in [2.05, 4.69) is 20.3 Å². The van der Waals surface area contributed by atoms with E-state index in [1.54, 1.807) is 13.0 Å². The standard InChI is InChI=1S/C22H21N5O2S/c1-4-29-19-8-6-5-7-17(19)24-25-20-15(3)26-27(21(20)28)22-23-18(13-30-22)16-11-9-14(2)10-12-16/h5-13,26H,4H2,1-3H3. The molecule has 0 unspecified atom stereocenters. The summed E-state index contributed by atoms with van der Waals surface area (Å²) in [5, 5.41) is 14.0. The predicted octanol–water partition coefficient (Wildman–Crippen LogP) is 5.72. The summed E-state index contributed by atoms with van der Waals surface area (Å²) in [4.78, 5) is 17.5. The van der Waals surface area contributed by atoms with E-state index in [0.717, 1.165) is 11.3 Å². The first-order valence-corrected chi connectivity index (χ1v) is 10.4. The van der Waals surface area contributed by atoms with Crippen LogP contribution in [0.15, 0.2) is 68.9 Å². The maximum atomic E-state index is 12.9. The number of benzene rings is 2. The van der Waals surface area contributed by atoms with E-state index in [1.165, 1.54) is 21.6 Å². The van der Waals surface area contributed by atoms with Gasteiger partial charge in [0.25, 0.3) is 0 Å². The van der Waals surface area contributed by atoms with Crippen LogP contribution in [0.4, 0.5) is 11.4 Å². The highest BCUT2D eigenvalue weighted by Crippen LogP contribution is 2.29. The molecule has 0 fully saturated rings. The van der Waals surface area contributed by atoms with Crippen LogP contribution in [0.1, 0.15) is 18.2 Å². The Balaban J connectivity index is 1.65. The molecule has 0 spiro atoms. The maximum Gasteiger partial charge on any atom is 0.301 e. The number of aryl methyl sites for hydroxylation is 2. The number of thiazole rings is 1. The number of nitrogens with zero attached hydrogens (tertiary/aromatic N) is 4. The van der Waals surface area contributed by atoms with Gasteiger partial charge in [-0.15, -0.1) is 21.6 Å². The molecule has 7 nitrogen and oxygen atoms in total. The van der Waals surface area contributed by atoms with Crippen molar-refractivity contribution in [2.24, 2.45) is 10.2 Å². The van der Waals surface area contributed by atoms with E-state index >= 15 is 0 Å². The van der Waals surface area contributed by atoms with Crippen molar-refractivity contribution in [1.29, 1.82) is 0 Å². The number of aromatic nitrogens is 3. The van der Waals surface area contributed by atoms with E-state index in [1.807, 2.05) is 61.7 Å². The smallest absolute Gasteiger partial charge is 0.301 e. The second-order valence-electron chi connectivity index (χ2n) is 6.71. The molecule has 0 aliphatic rings. The topological polar surface area (TPSA) is 84.6 Å². The minimum absolute atomic E-state index is 0.244. The quantitative estimate of drug-likeness (QED) is 0.406. The summed E-state index contributed by atoms with van der Waals surface area (Å²) in [7, 11) is 0. The Labute approximate surface area is 177 Å². The molecule has 2 aromatic heterocycles. The van der Waals surface area contributed by atoms with Gasteiger partial charge in [-0.3, -0.25) is 9.89 Å². The number of rotatable bonds is 6. The third-order valence-electron chi connectivity index (χ3n) is 4.49. The first kappa shape index (κ1) is 19.8. The zero-order valence-corrected chi connectivity index (χ0v) is 17.7. The lowest BCUT2D eigenvalue weighted by Gasteiger charge is -2.04. The maximum absolute atomic E-state index is 12.9. The molecule has 1 N–H and O–H groups in total. The Kier molecular flexibility index (Phi) is 5.58. The number of aromatic amines is 1. The Morgan fingerprint density at radius 1 is 1.10 bits per heavy atom. The van der Waals surface area contributed by atoms with Gasteiger partial charge in [0.2, 0.25) is 5.13 Å². The normalized spacial score (nSPS) is 11.3. The largest absolute Gasteiger partial charge is 0.492 e. The van der Waals surface area contributed by atoms with Gasteiger partial charge in [-0.25, -0.2) is 4.98 Å². The van der Waals surface area contributed by atoms with Crippen molar-refractivity contribution in [3.8, 4) is 22.1 Å². The van der Waals surface area contributed by atoms with Gasteiger partial charge in [0, 0.05) is 10.9 Å². The van der Waals surface area contributed by atoms with Crippen LogP contribution in [0.3, 0.4) is 0 Å². The van der Waals surface area contributed by atoms with Crippen molar-refractivity contribution in [3.05, 3.63) is 75.5 Å². The third-order valence-corrected chi connectivity index (χ3v) is 5.32. The van der Waals surface area contributed by atoms with Gasteiger partial charge in [-0.1, -0.05) is 42.0 Å². The second-order valence-corrected chi connectivity index (χ2v) is 7.54. The molecule has 4 rings (SSSR count). The van der Waals surface area contributed by atoms with Crippen LogP contribution >= 0.6 is 11.3 Å². The summed E-state index contributed by atoms with van der Waals surface area (Å²) in [6.45, 7) is 6.26. The van der Waals surface area contributed by atoms with Crippen molar-refractivity contribution in [1.82, 2.24) is 14.8 Å².